The first-order chi connectivity index (χ1) is 11.9. The number of fused-ring (bicyclic) bond motifs is 1. The summed E-state index contributed by atoms with van der Waals surface area (Å²) >= 11 is 0. The Labute approximate surface area is 153 Å². The number of hydrogen-bond donors (Lipinski definition) is 2. The van der Waals surface area contributed by atoms with Crippen molar-refractivity contribution in [2.45, 2.75) is 77.4 Å². The van der Waals surface area contributed by atoms with E-state index in [2.05, 4.69) is 39.2 Å². The molecule has 0 spiro atoms. The highest BCUT2D eigenvalue weighted by Crippen LogP contribution is 2.59. The predicted octanol–water partition coefficient (Wildman–Crippen LogP) is 5.09. The molecule has 0 amide bonds. The Morgan fingerprint density at radius 3 is 2.52 bits per heavy atom. The molecule has 0 heterocycles. The molecule has 0 aromatic rings. The highest BCUT2D eigenvalue weighted by Gasteiger charge is 2.49. The van der Waals surface area contributed by atoms with Crippen LogP contribution in [0.2, 0.25) is 0 Å². The lowest BCUT2D eigenvalue weighted by Gasteiger charge is -2.43. The molecule has 3 saturated carbocycles. The Bertz CT molecular complexity index is 596. The van der Waals surface area contributed by atoms with Gasteiger partial charge in [-0.3, -0.25) is 0 Å². The molecule has 3 fully saturated rings. The van der Waals surface area contributed by atoms with Gasteiger partial charge in [-0.2, -0.15) is 0 Å². The van der Waals surface area contributed by atoms with Crippen LogP contribution in [-0.2, 0) is 0 Å². The number of hydrogen-bond acceptors (Lipinski definition) is 2. The maximum atomic E-state index is 10.0. The Balaban J connectivity index is 1.79. The van der Waals surface area contributed by atoms with Crippen LogP contribution in [0.25, 0.3) is 0 Å². The third-order valence-corrected chi connectivity index (χ3v) is 7.21. The van der Waals surface area contributed by atoms with Crippen LogP contribution in [0.5, 0.6) is 0 Å². The number of aliphatic hydroxyl groups excluding tert-OH is 2. The largest absolute Gasteiger partial charge is 0.388 e. The monoisotopic (exact) mass is 342 g/mol. The first-order valence-electron chi connectivity index (χ1n) is 9.97. The molecule has 2 heteroatoms. The minimum absolute atomic E-state index is 0.371. The Kier molecular flexibility index (Phi) is 5.41. The highest BCUT2D eigenvalue weighted by atomic mass is 16.3. The zero-order valence-electron chi connectivity index (χ0n) is 15.9. The molecule has 3 aliphatic carbocycles. The fourth-order valence-corrected chi connectivity index (χ4v) is 5.58. The lowest BCUT2D eigenvalue weighted by atomic mass is 9.62. The average molecular weight is 343 g/mol. The van der Waals surface area contributed by atoms with Crippen LogP contribution in [0.3, 0.4) is 0 Å². The molecule has 5 atom stereocenters. The summed E-state index contributed by atoms with van der Waals surface area (Å²) in [6, 6.07) is 0. The van der Waals surface area contributed by atoms with Crippen molar-refractivity contribution in [3.63, 3.8) is 0 Å². The van der Waals surface area contributed by atoms with E-state index in [1.54, 1.807) is 5.57 Å². The van der Waals surface area contributed by atoms with Crippen LogP contribution in [0.15, 0.2) is 47.6 Å². The van der Waals surface area contributed by atoms with Crippen molar-refractivity contribution < 1.29 is 10.2 Å². The summed E-state index contributed by atoms with van der Waals surface area (Å²) in [7, 11) is 0. The standard InChI is InChI=1S/C23H34O2/c1-5-15(2)19-10-11-20-18(7-6-12-23(19,20)4)9-8-17-13-21(24)16(3)22(25)14-17/h8-9,19-22,24-25H,2-3,5-7,10-14H2,1,4H3. The topological polar surface area (TPSA) is 40.5 Å². The van der Waals surface area contributed by atoms with E-state index in [0.717, 1.165) is 12.0 Å². The van der Waals surface area contributed by atoms with Crippen molar-refractivity contribution in [2.24, 2.45) is 17.3 Å². The third-order valence-electron chi connectivity index (χ3n) is 7.21. The fourth-order valence-electron chi connectivity index (χ4n) is 5.58. The molecule has 2 nitrogen and oxygen atoms in total. The third kappa shape index (κ3) is 3.44. The molecule has 2 N–H and O–H groups in total. The van der Waals surface area contributed by atoms with Crippen LogP contribution in [-0.4, -0.2) is 22.4 Å². The zero-order chi connectivity index (χ0) is 18.2. The van der Waals surface area contributed by atoms with Gasteiger partial charge in [-0.05, 0) is 74.2 Å². The van der Waals surface area contributed by atoms with Gasteiger partial charge in [-0.15, -0.1) is 0 Å². The summed E-state index contributed by atoms with van der Waals surface area (Å²) in [4.78, 5) is 0. The molecule has 0 aromatic heterocycles. The van der Waals surface area contributed by atoms with Gasteiger partial charge in [0.25, 0.3) is 0 Å². The molecule has 0 aliphatic heterocycles. The van der Waals surface area contributed by atoms with Crippen molar-refractivity contribution in [3.8, 4) is 0 Å². The van der Waals surface area contributed by atoms with Gasteiger partial charge >= 0.3 is 0 Å². The van der Waals surface area contributed by atoms with Gasteiger partial charge in [0, 0.05) is 0 Å². The van der Waals surface area contributed by atoms with Gasteiger partial charge in [0.05, 0.1) is 12.2 Å². The second kappa shape index (κ2) is 7.25. The summed E-state index contributed by atoms with van der Waals surface area (Å²) in [5.41, 5.74) is 5.07. The molecular formula is C23H34O2. The minimum Gasteiger partial charge on any atom is -0.388 e. The quantitative estimate of drug-likeness (QED) is 0.701. The smallest absolute Gasteiger partial charge is 0.0809 e. The van der Waals surface area contributed by atoms with Gasteiger partial charge in [0.15, 0.2) is 0 Å². The highest BCUT2D eigenvalue weighted by molar-refractivity contribution is 5.30. The second-order valence-corrected chi connectivity index (χ2v) is 8.63. The van der Waals surface area contributed by atoms with E-state index >= 15 is 0 Å². The lowest BCUT2D eigenvalue weighted by Crippen LogP contribution is -2.33. The molecule has 25 heavy (non-hydrogen) atoms. The fraction of sp³-hybridized carbons (Fsp3) is 0.652. The Morgan fingerprint density at radius 1 is 1.20 bits per heavy atom. The first kappa shape index (κ1) is 18.7. The van der Waals surface area contributed by atoms with Gasteiger partial charge in [0.1, 0.15) is 0 Å². The van der Waals surface area contributed by atoms with Crippen molar-refractivity contribution in [1.82, 2.24) is 0 Å². The van der Waals surface area contributed by atoms with Crippen LogP contribution < -0.4 is 0 Å². The summed E-state index contributed by atoms with van der Waals surface area (Å²) < 4.78 is 0. The molecular weight excluding hydrogens is 308 g/mol. The van der Waals surface area contributed by atoms with Crippen molar-refractivity contribution in [1.29, 1.82) is 0 Å². The van der Waals surface area contributed by atoms with E-state index in [1.807, 2.05) is 0 Å². The van der Waals surface area contributed by atoms with Crippen LogP contribution in [0, 0.1) is 17.3 Å². The molecule has 0 bridgehead atoms. The first-order valence-corrected chi connectivity index (χ1v) is 9.97. The van der Waals surface area contributed by atoms with E-state index < -0.39 is 12.2 Å². The Morgan fingerprint density at radius 2 is 1.88 bits per heavy atom. The summed E-state index contributed by atoms with van der Waals surface area (Å²) in [6.45, 7) is 12.9. The molecule has 3 rings (SSSR count). The molecule has 0 aromatic carbocycles. The molecule has 3 aliphatic rings. The molecule has 0 saturated heterocycles. The maximum absolute atomic E-state index is 10.0. The SMILES string of the molecule is C=C1C(O)CC(=CC=C2CCCC3(C)C(C(=C)CC)CCC23)CC1O. The Hall–Kier alpha value is -1.12. The number of allylic oxidation sites excluding steroid dienone is 4. The van der Waals surface area contributed by atoms with Gasteiger partial charge < -0.3 is 10.2 Å². The van der Waals surface area contributed by atoms with Crippen LogP contribution >= 0.6 is 0 Å². The average Bonchev–Trinajstić information content (AvgIpc) is 2.94. The molecule has 0 radical (unpaired) electrons. The zero-order valence-corrected chi connectivity index (χ0v) is 15.9. The van der Waals surface area contributed by atoms with E-state index in [4.69, 9.17) is 0 Å². The maximum Gasteiger partial charge on any atom is 0.0809 e. The summed E-state index contributed by atoms with van der Waals surface area (Å²) in [6.07, 6.45) is 11.9. The van der Waals surface area contributed by atoms with Gasteiger partial charge in [-0.1, -0.05) is 55.9 Å². The van der Waals surface area contributed by atoms with Gasteiger partial charge in [0.2, 0.25) is 0 Å². The predicted molar refractivity (Wildman–Crippen MR) is 104 cm³/mol. The summed E-state index contributed by atoms with van der Waals surface area (Å²) in [5.74, 6) is 1.33. The van der Waals surface area contributed by atoms with Crippen molar-refractivity contribution in [3.05, 3.63) is 47.6 Å². The van der Waals surface area contributed by atoms with Crippen LogP contribution in [0.4, 0.5) is 0 Å². The van der Waals surface area contributed by atoms with Crippen LogP contribution in [0.1, 0.15) is 65.2 Å². The normalized spacial score (nSPS) is 40.2. The van der Waals surface area contributed by atoms with Gasteiger partial charge in [-0.25, -0.2) is 0 Å². The van der Waals surface area contributed by atoms with E-state index in [1.165, 1.54) is 37.7 Å². The van der Waals surface area contributed by atoms with E-state index in [-0.39, 0.29) is 0 Å². The van der Waals surface area contributed by atoms with E-state index in [9.17, 15) is 10.2 Å². The number of rotatable bonds is 3. The molecule has 5 unspecified atom stereocenters. The lowest BCUT2D eigenvalue weighted by molar-refractivity contribution is 0.123. The van der Waals surface area contributed by atoms with Crippen molar-refractivity contribution >= 4 is 0 Å². The minimum atomic E-state index is -0.603. The summed E-state index contributed by atoms with van der Waals surface area (Å²) in [5, 5.41) is 20.1. The number of aliphatic hydroxyl groups is 2. The second-order valence-electron chi connectivity index (χ2n) is 8.63. The molecule has 138 valence electrons. The van der Waals surface area contributed by atoms with E-state index in [0.29, 0.717) is 35.7 Å². The van der Waals surface area contributed by atoms with Crippen molar-refractivity contribution in [2.75, 3.05) is 0 Å².